The number of urea groups is 1. The number of carboxylic acid groups (broad SMARTS) is 1. The third kappa shape index (κ3) is 3.08. The fourth-order valence-electron chi connectivity index (χ4n) is 1.22. The Kier molecular flexibility index (Phi) is 3.50. The molecule has 0 aliphatic heterocycles. The van der Waals surface area contributed by atoms with E-state index in [9.17, 15) is 9.59 Å². The van der Waals surface area contributed by atoms with Crippen molar-refractivity contribution in [1.82, 2.24) is 10.6 Å². The largest absolute Gasteiger partial charge is 0.480 e. The Labute approximate surface area is 82.2 Å². The van der Waals surface area contributed by atoms with Crippen LogP contribution in [-0.2, 0) is 4.79 Å². The first-order valence-corrected chi connectivity index (χ1v) is 4.56. The van der Waals surface area contributed by atoms with Gasteiger partial charge < -0.3 is 15.7 Å². The first-order valence-electron chi connectivity index (χ1n) is 4.56. The molecule has 1 rings (SSSR count). The normalized spacial score (nSPS) is 21.6. The SMILES string of the molecule is CC(NC(=O)NC1C=CCC1)C(=O)O. The maximum absolute atomic E-state index is 11.2. The van der Waals surface area contributed by atoms with Crippen LogP contribution in [0.5, 0.6) is 0 Å². The molecule has 0 aromatic rings. The summed E-state index contributed by atoms with van der Waals surface area (Å²) in [7, 11) is 0. The predicted molar refractivity (Wildman–Crippen MR) is 50.9 cm³/mol. The van der Waals surface area contributed by atoms with E-state index in [0.717, 1.165) is 12.8 Å². The molecule has 0 radical (unpaired) electrons. The lowest BCUT2D eigenvalue weighted by Crippen LogP contribution is -2.46. The summed E-state index contributed by atoms with van der Waals surface area (Å²) >= 11 is 0. The Morgan fingerprint density at radius 1 is 1.57 bits per heavy atom. The first kappa shape index (κ1) is 10.6. The molecule has 0 saturated heterocycles. The van der Waals surface area contributed by atoms with Crippen LogP contribution >= 0.6 is 0 Å². The van der Waals surface area contributed by atoms with Crippen LogP contribution in [0.25, 0.3) is 0 Å². The van der Waals surface area contributed by atoms with Crippen LogP contribution in [0.15, 0.2) is 12.2 Å². The van der Waals surface area contributed by atoms with E-state index in [1.807, 2.05) is 12.2 Å². The third-order valence-corrected chi connectivity index (χ3v) is 2.05. The molecule has 78 valence electrons. The highest BCUT2D eigenvalue weighted by Gasteiger charge is 2.16. The molecule has 0 heterocycles. The Morgan fingerprint density at radius 2 is 2.29 bits per heavy atom. The van der Waals surface area contributed by atoms with Gasteiger partial charge in [0.25, 0.3) is 0 Å². The summed E-state index contributed by atoms with van der Waals surface area (Å²) in [5.74, 6) is -1.04. The average Bonchev–Trinajstić information content (AvgIpc) is 2.56. The molecule has 5 nitrogen and oxygen atoms in total. The molecule has 0 fully saturated rings. The molecule has 1 aliphatic carbocycles. The molecule has 0 bridgehead atoms. The molecule has 0 saturated carbocycles. The lowest BCUT2D eigenvalue weighted by Gasteiger charge is -2.13. The minimum Gasteiger partial charge on any atom is -0.480 e. The van der Waals surface area contributed by atoms with Gasteiger partial charge in [0.1, 0.15) is 6.04 Å². The van der Waals surface area contributed by atoms with Gasteiger partial charge in [-0.25, -0.2) is 4.79 Å². The second-order valence-electron chi connectivity index (χ2n) is 3.29. The van der Waals surface area contributed by atoms with Gasteiger partial charge >= 0.3 is 12.0 Å². The van der Waals surface area contributed by atoms with Crippen molar-refractivity contribution >= 4 is 12.0 Å². The summed E-state index contributed by atoms with van der Waals surface area (Å²) in [6, 6.07) is -1.26. The van der Waals surface area contributed by atoms with Gasteiger partial charge in [0.2, 0.25) is 0 Å². The molecule has 5 heteroatoms. The summed E-state index contributed by atoms with van der Waals surface area (Å²) < 4.78 is 0. The number of rotatable bonds is 3. The fourth-order valence-corrected chi connectivity index (χ4v) is 1.22. The number of allylic oxidation sites excluding steroid dienone is 1. The number of aliphatic carboxylic acids is 1. The number of hydrogen-bond acceptors (Lipinski definition) is 2. The number of carbonyl (C=O) groups excluding carboxylic acids is 1. The molecule has 2 unspecified atom stereocenters. The van der Waals surface area contributed by atoms with Crippen LogP contribution in [-0.4, -0.2) is 29.2 Å². The van der Waals surface area contributed by atoms with Crippen LogP contribution < -0.4 is 10.6 Å². The molecular formula is C9H14N2O3. The van der Waals surface area contributed by atoms with Gasteiger partial charge in [0.15, 0.2) is 0 Å². The summed E-state index contributed by atoms with van der Waals surface area (Å²) in [5.41, 5.74) is 0. The Bertz CT molecular complexity index is 257. The smallest absolute Gasteiger partial charge is 0.325 e. The highest BCUT2D eigenvalue weighted by molar-refractivity contribution is 5.82. The van der Waals surface area contributed by atoms with E-state index in [2.05, 4.69) is 10.6 Å². The maximum atomic E-state index is 11.2. The zero-order chi connectivity index (χ0) is 10.6. The topological polar surface area (TPSA) is 78.4 Å². The highest BCUT2D eigenvalue weighted by Crippen LogP contribution is 2.08. The maximum Gasteiger partial charge on any atom is 0.325 e. The van der Waals surface area contributed by atoms with Crippen LogP contribution in [0, 0.1) is 0 Å². The van der Waals surface area contributed by atoms with Crippen molar-refractivity contribution in [1.29, 1.82) is 0 Å². The van der Waals surface area contributed by atoms with E-state index >= 15 is 0 Å². The number of nitrogens with one attached hydrogen (secondary N) is 2. The van der Waals surface area contributed by atoms with Crippen LogP contribution in [0.1, 0.15) is 19.8 Å². The van der Waals surface area contributed by atoms with Crippen molar-refractivity contribution in [3.8, 4) is 0 Å². The molecular weight excluding hydrogens is 184 g/mol. The third-order valence-electron chi connectivity index (χ3n) is 2.05. The minimum absolute atomic E-state index is 0.0380. The van der Waals surface area contributed by atoms with E-state index in [0.29, 0.717) is 0 Å². The van der Waals surface area contributed by atoms with Gasteiger partial charge in [0.05, 0.1) is 0 Å². The Balaban J connectivity index is 2.28. The van der Waals surface area contributed by atoms with Crippen molar-refractivity contribution in [2.24, 2.45) is 0 Å². The van der Waals surface area contributed by atoms with E-state index in [4.69, 9.17) is 5.11 Å². The van der Waals surface area contributed by atoms with Gasteiger partial charge in [-0.1, -0.05) is 12.2 Å². The first-order chi connectivity index (χ1) is 6.59. The van der Waals surface area contributed by atoms with Crippen molar-refractivity contribution in [3.05, 3.63) is 12.2 Å². The van der Waals surface area contributed by atoms with Gasteiger partial charge in [-0.2, -0.15) is 0 Å². The fraction of sp³-hybridized carbons (Fsp3) is 0.556. The van der Waals surface area contributed by atoms with Crippen molar-refractivity contribution in [3.63, 3.8) is 0 Å². The lowest BCUT2D eigenvalue weighted by molar-refractivity contribution is -0.138. The van der Waals surface area contributed by atoms with Crippen LogP contribution in [0.2, 0.25) is 0 Å². The number of hydrogen-bond donors (Lipinski definition) is 3. The second kappa shape index (κ2) is 4.64. The quantitative estimate of drug-likeness (QED) is 0.577. The Hall–Kier alpha value is -1.52. The molecule has 3 N–H and O–H groups in total. The molecule has 2 amide bonds. The predicted octanol–water partition coefficient (Wildman–Crippen LogP) is 0.477. The van der Waals surface area contributed by atoms with Gasteiger partial charge in [-0.3, -0.25) is 4.79 Å². The standard InChI is InChI=1S/C9H14N2O3/c1-6(8(12)13)10-9(14)11-7-4-2-3-5-7/h2,4,6-7H,3,5H2,1H3,(H,12,13)(H2,10,11,14). The molecule has 0 spiro atoms. The highest BCUT2D eigenvalue weighted by atomic mass is 16.4. The summed E-state index contributed by atoms with van der Waals surface area (Å²) in [5, 5.41) is 13.5. The zero-order valence-electron chi connectivity index (χ0n) is 7.99. The van der Waals surface area contributed by atoms with E-state index < -0.39 is 18.0 Å². The second-order valence-corrected chi connectivity index (χ2v) is 3.29. The molecule has 0 aromatic carbocycles. The molecule has 2 atom stereocenters. The van der Waals surface area contributed by atoms with Crippen molar-refractivity contribution in [2.45, 2.75) is 31.8 Å². The van der Waals surface area contributed by atoms with Gasteiger partial charge in [-0.15, -0.1) is 0 Å². The van der Waals surface area contributed by atoms with Gasteiger partial charge in [-0.05, 0) is 19.8 Å². The molecule has 0 aromatic heterocycles. The average molecular weight is 198 g/mol. The molecule has 1 aliphatic rings. The zero-order valence-corrected chi connectivity index (χ0v) is 7.99. The monoisotopic (exact) mass is 198 g/mol. The van der Waals surface area contributed by atoms with Crippen LogP contribution in [0.3, 0.4) is 0 Å². The summed E-state index contributed by atoms with van der Waals surface area (Å²) in [4.78, 5) is 21.6. The van der Waals surface area contributed by atoms with E-state index in [1.54, 1.807) is 0 Å². The number of carboxylic acids is 1. The van der Waals surface area contributed by atoms with E-state index in [1.165, 1.54) is 6.92 Å². The van der Waals surface area contributed by atoms with Gasteiger partial charge in [0, 0.05) is 6.04 Å². The van der Waals surface area contributed by atoms with Crippen molar-refractivity contribution in [2.75, 3.05) is 0 Å². The van der Waals surface area contributed by atoms with Crippen molar-refractivity contribution < 1.29 is 14.7 Å². The van der Waals surface area contributed by atoms with E-state index in [-0.39, 0.29) is 6.04 Å². The number of carbonyl (C=O) groups is 2. The lowest BCUT2D eigenvalue weighted by atomic mass is 10.3. The Morgan fingerprint density at radius 3 is 2.79 bits per heavy atom. The summed E-state index contributed by atoms with van der Waals surface area (Å²) in [6.07, 6.45) is 5.74. The number of amides is 2. The van der Waals surface area contributed by atoms with Crippen LogP contribution in [0.4, 0.5) is 4.79 Å². The summed E-state index contributed by atoms with van der Waals surface area (Å²) in [6.45, 7) is 1.42. The molecule has 14 heavy (non-hydrogen) atoms. The minimum atomic E-state index is -1.04.